The van der Waals surface area contributed by atoms with Crippen molar-refractivity contribution in [1.82, 2.24) is 4.98 Å². The van der Waals surface area contributed by atoms with Crippen molar-refractivity contribution in [2.24, 2.45) is 0 Å². The SMILES string of the molecule is Cc1ccc(F)cc1NCc1nc2ccccc2s1. The molecule has 1 N–H and O–H groups in total. The Labute approximate surface area is 114 Å². The van der Waals surface area contributed by atoms with Crippen LogP contribution >= 0.6 is 11.3 Å². The fraction of sp³-hybridized carbons (Fsp3) is 0.133. The van der Waals surface area contributed by atoms with Crippen molar-refractivity contribution in [2.75, 3.05) is 5.32 Å². The van der Waals surface area contributed by atoms with Crippen molar-refractivity contribution < 1.29 is 4.39 Å². The monoisotopic (exact) mass is 272 g/mol. The normalized spacial score (nSPS) is 10.8. The summed E-state index contributed by atoms with van der Waals surface area (Å²) in [6.45, 7) is 2.57. The minimum absolute atomic E-state index is 0.225. The highest BCUT2D eigenvalue weighted by Gasteiger charge is 2.04. The highest BCUT2D eigenvalue weighted by molar-refractivity contribution is 7.18. The van der Waals surface area contributed by atoms with E-state index < -0.39 is 0 Å². The van der Waals surface area contributed by atoms with E-state index in [2.05, 4.69) is 16.4 Å². The van der Waals surface area contributed by atoms with E-state index in [9.17, 15) is 4.39 Å². The molecule has 0 aliphatic rings. The minimum atomic E-state index is -0.225. The molecule has 2 nitrogen and oxygen atoms in total. The van der Waals surface area contributed by atoms with Crippen LogP contribution < -0.4 is 5.32 Å². The Balaban J connectivity index is 1.80. The highest BCUT2D eigenvalue weighted by atomic mass is 32.1. The van der Waals surface area contributed by atoms with Crippen LogP contribution in [0.2, 0.25) is 0 Å². The zero-order valence-electron chi connectivity index (χ0n) is 10.5. The summed E-state index contributed by atoms with van der Waals surface area (Å²) in [4.78, 5) is 4.54. The third-order valence-electron chi connectivity index (χ3n) is 2.97. The van der Waals surface area contributed by atoms with Gasteiger partial charge in [0.2, 0.25) is 0 Å². The Morgan fingerprint density at radius 2 is 2.05 bits per heavy atom. The van der Waals surface area contributed by atoms with E-state index in [1.807, 2.05) is 25.1 Å². The maximum absolute atomic E-state index is 13.2. The summed E-state index contributed by atoms with van der Waals surface area (Å²) in [5, 5.41) is 4.24. The van der Waals surface area contributed by atoms with Crippen LogP contribution in [-0.4, -0.2) is 4.98 Å². The van der Waals surface area contributed by atoms with Crippen molar-refractivity contribution in [1.29, 1.82) is 0 Å². The first kappa shape index (κ1) is 12.1. The van der Waals surface area contributed by atoms with Gasteiger partial charge in [-0.1, -0.05) is 18.2 Å². The number of halogens is 1. The Morgan fingerprint density at radius 3 is 2.89 bits per heavy atom. The first-order chi connectivity index (χ1) is 9.22. The van der Waals surface area contributed by atoms with Gasteiger partial charge in [-0.2, -0.15) is 0 Å². The molecule has 0 radical (unpaired) electrons. The maximum atomic E-state index is 13.2. The topological polar surface area (TPSA) is 24.9 Å². The van der Waals surface area contributed by atoms with Gasteiger partial charge < -0.3 is 5.32 Å². The lowest BCUT2D eigenvalue weighted by Gasteiger charge is -2.07. The van der Waals surface area contributed by atoms with Gasteiger partial charge in [0.1, 0.15) is 10.8 Å². The summed E-state index contributed by atoms with van der Waals surface area (Å²) in [6, 6.07) is 12.8. The number of thiazole rings is 1. The number of aryl methyl sites for hydroxylation is 1. The van der Waals surface area contributed by atoms with Crippen LogP contribution in [0.15, 0.2) is 42.5 Å². The van der Waals surface area contributed by atoms with Gasteiger partial charge in [0.25, 0.3) is 0 Å². The van der Waals surface area contributed by atoms with Crippen LogP contribution in [0, 0.1) is 12.7 Å². The molecule has 0 atom stereocenters. The standard InChI is InChI=1S/C15H13FN2S/c1-10-6-7-11(16)8-13(10)17-9-15-18-12-4-2-3-5-14(12)19-15/h2-8,17H,9H2,1H3. The number of nitrogens with zero attached hydrogens (tertiary/aromatic N) is 1. The predicted octanol–water partition coefficient (Wildman–Crippen LogP) is 4.36. The molecule has 0 saturated heterocycles. The zero-order chi connectivity index (χ0) is 13.2. The molecule has 0 saturated carbocycles. The van der Waals surface area contributed by atoms with Gasteiger partial charge in [-0.3, -0.25) is 0 Å². The van der Waals surface area contributed by atoms with Gasteiger partial charge in [0.15, 0.2) is 0 Å². The smallest absolute Gasteiger partial charge is 0.125 e. The molecule has 3 rings (SSSR count). The molecule has 0 bridgehead atoms. The molecule has 1 aromatic heterocycles. The third-order valence-corrected chi connectivity index (χ3v) is 4.00. The maximum Gasteiger partial charge on any atom is 0.125 e. The van der Waals surface area contributed by atoms with Gasteiger partial charge in [0, 0.05) is 5.69 Å². The average Bonchev–Trinajstić information content (AvgIpc) is 2.82. The quantitative estimate of drug-likeness (QED) is 0.766. The summed E-state index contributed by atoms with van der Waals surface area (Å²) in [7, 11) is 0. The first-order valence-electron chi connectivity index (χ1n) is 6.07. The number of rotatable bonds is 3. The van der Waals surface area contributed by atoms with E-state index in [-0.39, 0.29) is 5.82 Å². The van der Waals surface area contributed by atoms with Gasteiger partial charge >= 0.3 is 0 Å². The number of anilines is 1. The van der Waals surface area contributed by atoms with Gasteiger partial charge in [-0.15, -0.1) is 11.3 Å². The molecule has 0 aliphatic carbocycles. The Hall–Kier alpha value is -1.94. The van der Waals surface area contributed by atoms with Gasteiger partial charge in [0.05, 0.1) is 16.8 Å². The van der Waals surface area contributed by atoms with Crippen LogP contribution in [-0.2, 0) is 6.54 Å². The van der Waals surface area contributed by atoms with Gasteiger partial charge in [-0.25, -0.2) is 9.37 Å². The number of benzene rings is 2. The first-order valence-corrected chi connectivity index (χ1v) is 6.88. The second kappa shape index (κ2) is 4.97. The molecule has 3 aromatic rings. The second-order valence-electron chi connectivity index (χ2n) is 4.39. The molecule has 0 aliphatic heterocycles. The number of aromatic nitrogens is 1. The van der Waals surface area contributed by atoms with E-state index in [0.717, 1.165) is 21.8 Å². The Bertz CT molecular complexity index is 688. The highest BCUT2D eigenvalue weighted by Crippen LogP contribution is 2.23. The molecule has 96 valence electrons. The number of hydrogen-bond donors (Lipinski definition) is 1. The lowest BCUT2D eigenvalue weighted by Crippen LogP contribution is -2.00. The molecular formula is C15H13FN2S. The number of para-hydroxylation sites is 1. The third kappa shape index (κ3) is 2.58. The van der Waals surface area contributed by atoms with Crippen LogP contribution in [0.1, 0.15) is 10.6 Å². The van der Waals surface area contributed by atoms with Crippen molar-refractivity contribution in [2.45, 2.75) is 13.5 Å². The van der Waals surface area contributed by atoms with E-state index in [1.54, 1.807) is 17.4 Å². The predicted molar refractivity (Wildman–Crippen MR) is 78.1 cm³/mol. The molecule has 4 heteroatoms. The van der Waals surface area contributed by atoms with Crippen LogP contribution in [0.25, 0.3) is 10.2 Å². The zero-order valence-corrected chi connectivity index (χ0v) is 11.3. The Morgan fingerprint density at radius 1 is 1.21 bits per heavy atom. The Kier molecular flexibility index (Phi) is 3.17. The van der Waals surface area contributed by atoms with Crippen LogP contribution in [0.5, 0.6) is 0 Å². The lowest BCUT2D eigenvalue weighted by atomic mass is 10.2. The largest absolute Gasteiger partial charge is 0.378 e. The van der Waals surface area contributed by atoms with Gasteiger partial charge in [-0.05, 0) is 36.8 Å². The molecule has 1 heterocycles. The van der Waals surface area contributed by atoms with Crippen LogP contribution in [0.3, 0.4) is 0 Å². The van der Waals surface area contributed by atoms with Crippen molar-refractivity contribution in [3.05, 3.63) is 58.9 Å². The summed E-state index contributed by atoms with van der Waals surface area (Å²) < 4.78 is 14.4. The fourth-order valence-electron chi connectivity index (χ4n) is 1.95. The molecule has 19 heavy (non-hydrogen) atoms. The lowest BCUT2D eigenvalue weighted by molar-refractivity contribution is 0.628. The average molecular weight is 272 g/mol. The summed E-state index contributed by atoms with van der Waals surface area (Å²) in [5.41, 5.74) is 2.86. The summed E-state index contributed by atoms with van der Waals surface area (Å²) in [6.07, 6.45) is 0. The fourth-order valence-corrected chi connectivity index (χ4v) is 2.86. The molecule has 0 spiro atoms. The summed E-state index contributed by atoms with van der Waals surface area (Å²) >= 11 is 1.66. The number of hydrogen-bond acceptors (Lipinski definition) is 3. The van der Waals surface area contributed by atoms with E-state index in [1.165, 1.54) is 16.8 Å². The van der Waals surface area contributed by atoms with E-state index in [4.69, 9.17) is 0 Å². The van der Waals surface area contributed by atoms with Crippen molar-refractivity contribution in [3.63, 3.8) is 0 Å². The van der Waals surface area contributed by atoms with Crippen molar-refractivity contribution in [3.8, 4) is 0 Å². The second-order valence-corrected chi connectivity index (χ2v) is 5.50. The molecule has 0 amide bonds. The molecule has 2 aromatic carbocycles. The number of nitrogens with one attached hydrogen (secondary N) is 1. The molecule has 0 fully saturated rings. The number of fused-ring (bicyclic) bond motifs is 1. The van der Waals surface area contributed by atoms with E-state index >= 15 is 0 Å². The minimum Gasteiger partial charge on any atom is -0.378 e. The van der Waals surface area contributed by atoms with Crippen molar-refractivity contribution >= 4 is 27.2 Å². The summed E-state index contributed by atoms with van der Waals surface area (Å²) in [5.74, 6) is -0.225. The van der Waals surface area contributed by atoms with Crippen LogP contribution in [0.4, 0.5) is 10.1 Å². The molecular weight excluding hydrogens is 259 g/mol. The molecule has 0 unspecified atom stereocenters. The van der Waals surface area contributed by atoms with E-state index in [0.29, 0.717) is 6.54 Å².